The van der Waals surface area contributed by atoms with Crippen molar-refractivity contribution in [2.24, 2.45) is 5.92 Å². The number of hydrogen-bond acceptors (Lipinski definition) is 4. The second-order valence-electron chi connectivity index (χ2n) is 7.53. The van der Waals surface area contributed by atoms with Crippen LogP contribution in [0.25, 0.3) is 0 Å². The Balaban J connectivity index is 1.46. The van der Waals surface area contributed by atoms with Gasteiger partial charge in [-0.2, -0.15) is 0 Å². The smallest absolute Gasteiger partial charge is 0.241 e. The summed E-state index contributed by atoms with van der Waals surface area (Å²) in [6, 6.07) is 14.8. The van der Waals surface area contributed by atoms with Gasteiger partial charge in [-0.1, -0.05) is 41.9 Å². The maximum absolute atomic E-state index is 12.6. The van der Waals surface area contributed by atoms with Crippen molar-refractivity contribution in [3.05, 3.63) is 59.1 Å². The van der Waals surface area contributed by atoms with Gasteiger partial charge in [-0.05, 0) is 56.6 Å². The maximum Gasteiger partial charge on any atom is 0.241 e. The first-order valence-corrected chi connectivity index (χ1v) is 10.6. The predicted molar refractivity (Wildman–Crippen MR) is 119 cm³/mol. The number of nitrogens with one attached hydrogen (secondary N) is 2. The molecule has 0 spiro atoms. The van der Waals surface area contributed by atoms with Crippen molar-refractivity contribution in [3.8, 4) is 5.75 Å². The van der Waals surface area contributed by atoms with Gasteiger partial charge in [-0.3, -0.25) is 14.5 Å². The molecular weight excluding hydrogens is 402 g/mol. The van der Waals surface area contributed by atoms with Gasteiger partial charge in [0, 0.05) is 18.2 Å². The molecule has 2 amide bonds. The second kappa shape index (κ2) is 10.5. The van der Waals surface area contributed by atoms with Gasteiger partial charge in [0.15, 0.2) is 0 Å². The summed E-state index contributed by atoms with van der Waals surface area (Å²) in [6.45, 7) is 3.85. The molecule has 6 nitrogen and oxygen atoms in total. The van der Waals surface area contributed by atoms with Gasteiger partial charge in [0.1, 0.15) is 5.75 Å². The number of piperidine rings is 1. The van der Waals surface area contributed by atoms with Crippen LogP contribution in [-0.4, -0.2) is 43.0 Å². The summed E-state index contributed by atoms with van der Waals surface area (Å²) in [5.41, 5.74) is 1.72. The Labute approximate surface area is 182 Å². The lowest BCUT2D eigenvalue weighted by Gasteiger charge is -2.34. The summed E-state index contributed by atoms with van der Waals surface area (Å²) < 4.78 is 5.13. The minimum atomic E-state index is -0.292. The highest BCUT2D eigenvalue weighted by Gasteiger charge is 2.29. The third-order valence-electron chi connectivity index (χ3n) is 5.56. The number of methoxy groups -OCH3 is 1. The maximum atomic E-state index is 12.6. The molecule has 1 atom stereocenters. The third-order valence-corrected chi connectivity index (χ3v) is 5.85. The van der Waals surface area contributed by atoms with E-state index in [-0.39, 0.29) is 23.8 Å². The molecule has 2 N–H and O–H groups in total. The Bertz CT molecular complexity index is 867. The Morgan fingerprint density at radius 1 is 1.17 bits per heavy atom. The van der Waals surface area contributed by atoms with Gasteiger partial charge in [-0.15, -0.1) is 0 Å². The van der Waals surface area contributed by atoms with Gasteiger partial charge in [0.2, 0.25) is 11.8 Å². The largest absolute Gasteiger partial charge is 0.495 e. The Hall–Kier alpha value is -2.57. The molecule has 1 saturated heterocycles. The van der Waals surface area contributed by atoms with Crippen molar-refractivity contribution in [3.63, 3.8) is 0 Å². The summed E-state index contributed by atoms with van der Waals surface area (Å²) in [6.07, 6.45) is 1.49. The van der Waals surface area contributed by atoms with Crippen molar-refractivity contribution in [2.45, 2.75) is 32.4 Å². The van der Waals surface area contributed by atoms with Crippen LogP contribution in [0.3, 0.4) is 0 Å². The quantitative estimate of drug-likeness (QED) is 0.704. The first-order valence-electron chi connectivity index (χ1n) is 10.2. The normalized spacial score (nSPS) is 16.0. The van der Waals surface area contributed by atoms with E-state index in [4.69, 9.17) is 16.3 Å². The number of nitrogens with zero attached hydrogens (tertiary/aromatic N) is 1. The van der Waals surface area contributed by atoms with Crippen molar-refractivity contribution in [2.75, 3.05) is 25.5 Å². The summed E-state index contributed by atoms with van der Waals surface area (Å²) in [4.78, 5) is 27.2. The standard InChI is InChI=1S/C23H28ClN3O3/c1-16(22(28)26-19-8-9-21(30-2)20(24)14-19)27-12-10-18(11-13-27)23(29)25-15-17-6-4-3-5-7-17/h3-9,14,16,18H,10-13,15H2,1-2H3,(H,25,29)(H,26,28)/t16-/m1/s1. The molecule has 30 heavy (non-hydrogen) atoms. The minimum absolute atomic E-state index is 0.0133. The predicted octanol–water partition coefficient (Wildman–Crippen LogP) is 3.70. The lowest BCUT2D eigenvalue weighted by Crippen LogP contribution is -2.48. The number of hydrogen-bond donors (Lipinski definition) is 2. The first kappa shape index (κ1) is 22.1. The van der Waals surface area contributed by atoms with Crippen LogP contribution in [0.1, 0.15) is 25.3 Å². The van der Waals surface area contributed by atoms with Gasteiger partial charge in [0.25, 0.3) is 0 Å². The number of rotatable bonds is 7. The molecule has 0 radical (unpaired) electrons. The number of benzene rings is 2. The Kier molecular flexibility index (Phi) is 7.71. The summed E-state index contributed by atoms with van der Waals surface area (Å²) >= 11 is 6.13. The Morgan fingerprint density at radius 3 is 2.50 bits per heavy atom. The van der Waals surface area contributed by atoms with Crippen molar-refractivity contribution in [1.82, 2.24) is 10.2 Å². The fourth-order valence-electron chi connectivity index (χ4n) is 3.63. The van der Waals surface area contributed by atoms with Gasteiger partial charge in [0.05, 0.1) is 18.2 Å². The second-order valence-corrected chi connectivity index (χ2v) is 7.94. The highest BCUT2D eigenvalue weighted by Crippen LogP contribution is 2.27. The molecule has 0 aromatic heterocycles. The van der Waals surface area contributed by atoms with Crippen molar-refractivity contribution >= 4 is 29.1 Å². The van der Waals surface area contributed by atoms with E-state index in [1.807, 2.05) is 37.3 Å². The molecule has 7 heteroatoms. The molecule has 0 saturated carbocycles. The molecule has 0 unspecified atom stereocenters. The van der Waals surface area contributed by atoms with E-state index in [0.29, 0.717) is 36.1 Å². The fraction of sp³-hybridized carbons (Fsp3) is 0.391. The zero-order valence-corrected chi connectivity index (χ0v) is 18.1. The van der Waals surface area contributed by atoms with E-state index in [1.165, 1.54) is 0 Å². The molecule has 1 fully saturated rings. The zero-order valence-electron chi connectivity index (χ0n) is 17.4. The molecule has 0 bridgehead atoms. The number of carbonyl (C=O) groups excluding carboxylic acids is 2. The molecule has 2 aromatic rings. The van der Waals surface area contributed by atoms with Gasteiger partial charge < -0.3 is 15.4 Å². The van der Waals surface area contributed by atoms with Crippen LogP contribution in [0.5, 0.6) is 5.75 Å². The number of amides is 2. The summed E-state index contributed by atoms with van der Waals surface area (Å²) in [7, 11) is 1.55. The van der Waals surface area contributed by atoms with Crippen LogP contribution >= 0.6 is 11.6 Å². The van der Waals surface area contributed by atoms with Gasteiger partial charge in [-0.25, -0.2) is 0 Å². The Morgan fingerprint density at radius 2 is 1.87 bits per heavy atom. The number of anilines is 1. The molecule has 2 aromatic carbocycles. The van der Waals surface area contributed by atoms with Crippen LogP contribution in [0.2, 0.25) is 5.02 Å². The lowest BCUT2D eigenvalue weighted by molar-refractivity contribution is -0.127. The topological polar surface area (TPSA) is 70.7 Å². The van der Waals surface area contributed by atoms with E-state index in [1.54, 1.807) is 25.3 Å². The van der Waals surface area contributed by atoms with Crippen LogP contribution in [0.4, 0.5) is 5.69 Å². The fourth-order valence-corrected chi connectivity index (χ4v) is 3.89. The number of likely N-dealkylation sites (tertiary alicyclic amines) is 1. The monoisotopic (exact) mass is 429 g/mol. The highest BCUT2D eigenvalue weighted by molar-refractivity contribution is 6.32. The van der Waals surface area contributed by atoms with Crippen LogP contribution < -0.4 is 15.4 Å². The summed E-state index contributed by atoms with van der Waals surface area (Å²) in [5, 5.41) is 6.38. The molecule has 3 rings (SSSR count). The average Bonchev–Trinajstić information content (AvgIpc) is 2.78. The van der Waals surface area contributed by atoms with Crippen LogP contribution in [-0.2, 0) is 16.1 Å². The molecular formula is C23H28ClN3O3. The van der Waals surface area contributed by atoms with Crippen molar-refractivity contribution in [1.29, 1.82) is 0 Å². The average molecular weight is 430 g/mol. The third kappa shape index (κ3) is 5.74. The van der Waals surface area contributed by atoms with Crippen LogP contribution in [0, 0.1) is 5.92 Å². The van der Waals surface area contributed by atoms with Gasteiger partial charge >= 0.3 is 0 Å². The molecule has 1 aliphatic rings. The number of carbonyl (C=O) groups is 2. The van der Waals surface area contributed by atoms with Crippen molar-refractivity contribution < 1.29 is 14.3 Å². The van der Waals surface area contributed by atoms with E-state index >= 15 is 0 Å². The van der Waals surface area contributed by atoms with E-state index in [9.17, 15) is 9.59 Å². The van der Waals surface area contributed by atoms with E-state index in [2.05, 4.69) is 15.5 Å². The zero-order chi connectivity index (χ0) is 21.5. The summed E-state index contributed by atoms with van der Waals surface area (Å²) in [5.74, 6) is 0.544. The number of ether oxygens (including phenoxy) is 1. The first-order chi connectivity index (χ1) is 14.5. The number of halogens is 1. The SMILES string of the molecule is COc1ccc(NC(=O)[C@@H](C)N2CCC(C(=O)NCc3ccccc3)CC2)cc1Cl. The molecule has 1 aliphatic heterocycles. The van der Waals surface area contributed by atoms with E-state index < -0.39 is 0 Å². The highest BCUT2D eigenvalue weighted by atomic mass is 35.5. The minimum Gasteiger partial charge on any atom is -0.495 e. The molecule has 160 valence electrons. The van der Waals surface area contributed by atoms with Crippen LogP contribution in [0.15, 0.2) is 48.5 Å². The lowest BCUT2D eigenvalue weighted by atomic mass is 9.94. The molecule has 0 aliphatic carbocycles. The van der Waals surface area contributed by atoms with E-state index in [0.717, 1.165) is 18.4 Å². The molecule has 1 heterocycles.